The van der Waals surface area contributed by atoms with Gasteiger partial charge in [-0.3, -0.25) is 9.69 Å². The zero-order valence-corrected chi connectivity index (χ0v) is 15.3. The Morgan fingerprint density at radius 1 is 1.04 bits per heavy atom. The number of carbonyl (C=O) groups excluding carboxylic acids is 1. The maximum atomic E-state index is 13.7. The van der Waals surface area contributed by atoms with Crippen LogP contribution in [0.2, 0.25) is 0 Å². The van der Waals surface area contributed by atoms with E-state index in [0.29, 0.717) is 23.7 Å². The van der Waals surface area contributed by atoms with Crippen molar-refractivity contribution in [3.05, 3.63) is 47.8 Å². The van der Waals surface area contributed by atoms with Crippen LogP contribution in [0, 0.1) is 5.82 Å². The molecule has 0 aliphatic carbocycles. The Labute approximate surface area is 152 Å². The second-order valence-corrected chi connectivity index (χ2v) is 5.76. The van der Waals surface area contributed by atoms with Gasteiger partial charge in [-0.05, 0) is 36.9 Å². The Kier molecular flexibility index (Phi) is 6.80. The van der Waals surface area contributed by atoms with E-state index in [0.717, 1.165) is 5.56 Å². The van der Waals surface area contributed by atoms with E-state index in [2.05, 4.69) is 5.32 Å². The molecule has 0 fully saturated rings. The summed E-state index contributed by atoms with van der Waals surface area (Å²) in [6.07, 6.45) is 0. The van der Waals surface area contributed by atoms with Crippen LogP contribution in [-0.4, -0.2) is 45.7 Å². The van der Waals surface area contributed by atoms with E-state index in [9.17, 15) is 9.18 Å². The average molecular weight is 362 g/mol. The lowest BCUT2D eigenvalue weighted by Crippen LogP contribution is -2.30. The van der Waals surface area contributed by atoms with Crippen LogP contribution in [0.15, 0.2) is 36.4 Å². The minimum absolute atomic E-state index is 0.142. The fourth-order valence-electron chi connectivity index (χ4n) is 2.51. The Morgan fingerprint density at radius 3 is 2.38 bits per heavy atom. The highest BCUT2D eigenvalue weighted by atomic mass is 19.1. The number of carbonyl (C=O) groups is 1. The molecule has 0 radical (unpaired) electrons. The molecule has 2 rings (SSSR count). The number of nitrogens with one attached hydrogen (secondary N) is 1. The van der Waals surface area contributed by atoms with Gasteiger partial charge < -0.3 is 19.5 Å². The van der Waals surface area contributed by atoms with Gasteiger partial charge in [0.25, 0.3) is 0 Å². The molecule has 0 saturated carbocycles. The topological polar surface area (TPSA) is 60.0 Å². The number of hydrogen-bond acceptors (Lipinski definition) is 5. The number of halogens is 1. The van der Waals surface area contributed by atoms with E-state index in [4.69, 9.17) is 14.2 Å². The number of anilines is 1. The van der Waals surface area contributed by atoms with Crippen LogP contribution >= 0.6 is 0 Å². The summed E-state index contributed by atoms with van der Waals surface area (Å²) < 4.78 is 29.0. The second-order valence-electron chi connectivity index (χ2n) is 5.76. The summed E-state index contributed by atoms with van der Waals surface area (Å²) in [5, 5.41) is 2.80. The van der Waals surface area contributed by atoms with Crippen molar-refractivity contribution in [1.82, 2.24) is 4.90 Å². The number of ether oxygens (including phenoxy) is 3. The molecule has 0 heterocycles. The van der Waals surface area contributed by atoms with Crippen LogP contribution in [0.3, 0.4) is 0 Å². The Bertz CT molecular complexity index is 767. The fraction of sp³-hybridized carbons (Fsp3) is 0.316. The van der Waals surface area contributed by atoms with Crippen molar-refractivity contribution in [1.29, 1.82) is 0 Å². The van der Waals surface area contributed by atoms with Crippen molar-refractivity contribution in [2.45, 2.75) is 6.54 Å². The molecule has 0 spiro atoms. The number of amides is 1. The zero-order valence-electron chi connectivity index (χ0n) is 15.3. The monoisotopic (exact) mass is 362 g/mol. The normalized spacial score (nSPS) is 10.5. The van der Waals surface area contributed by atoms with E-state index in [1.54, 1.807) is 49.4 Å². The second kappa shape index (κ2) is 9.05. The van der Waals surface area contributed by atoms with E-state index in [-0.39, 0.29) is 18.2 Å². The van der Waals surface area contributed by atoms with Gasteiger partial charge in [0.15, 0.2) is 11.6 Å². The quantitative estimate of drug-likeness (QED) is 0.782. The van der Waals surface area contributed by atoms with Gasteiger partial charge in [0.1, 0.15) is 11.5 Å². The smallest absolute Gasteiger partial charge is 0.238 e. The molecule has 0 bridgehead atoms. The third-order valence-electron chi connectivity index (χ3n) is 3.77. The van der Waals surface area contributed by atoms with Crippen LogP contribution in [0.1, 0.15) is 5.56 Å². The van der Waals surface area contributed by atoms with Crippen LogP contribution in [0.5, 0.6) is 17.2 Å². The molecule has 1 amide bonds. The van der Waals surface area contributed by atoms with Gasteiger partial charge in [-0.2, -0.15) is 0 Å². The molecule has 0 aliphatic heterocycles. The number of hydrogen-bond donors (Lipinski definition) is 1. The molecular weight excluding hydrogens is 339 g/mol. The van der Waals surface area contributed by atoms with Gasteiger partial charge in [-0.15, -0.1) is 0 Å². The predicted molar refractivity (Wildman–Crippen MR) is 97.5 cm³/mol. The lowest BCUT2D eigenvalue weighted by atomic mass is 10.2. The van der Waals surface area contributed by atoms with Crippen molar-refractivity contribution < 1.29 is 23.4 Å². The van der Waals surface area contributed by atoms with Crippen molar-refractivity contribution in [2.24, 2.45) is 0 Å². The number of benzene rings is 2. The Morgan fingerprint density at radius 2 is 1.77 bits per heavy atom. The van der Waals surface area contributed by atoms with Crippen molar-refractivity contribution in [3.8, 4) is 17.2 Å². The minimum atomic E-state index is -0.425. The predicted octanol–water partition coefficient (Wildman–Crippen LogP) is 2.92. The number of nitrogens with zero attached hydrogens (tertiary/aromatic N) is 1. The Balaban J connectivity index is 1.96. The fourth-order valence-corrected chi connectivity index (χ4v) is 2.51. The van der Waals surface area contributed by atoms with Crippen molar-refractivity contribution in [2.75, 3.05) is 40.2 Å². The number of likely N-dealkylation sites (N-methyl/N-ethyl adjacent to an activating group) is 1. The molecular formula is C19H23FN2O4. The molecule has 0 atom stereocenters. The third-order valence-corrected chi connectivity index (χ3v) is 3.77. The van der Waals surface area contributed by atoms with E-state index >= 15 is 0 Å². The molecule has 0 aromatic heterocycles. The van der Waals surface area contributed by atoms with Crippen molar-refractivity contribution in [3.63, 3.8) is 0 Å². The molecule has 0 unspecified atom stereocenters. The highest BCUT2D eigenvalue weighted by molar-refractivity contribution is 5.93. The van der Waals surface area contributed by atoms with Gasteiger partial charge in [0.05, 0.1) is 33.6 Å². The van der Waals surface area contributed by atoms with Gasteiger partial charge in [0, 0.05) is 12.6 Å². The summed E-state index contributed by atoms with van der Waals surface area (Å²) in [5.41, 5.74) is 1.31. The van der Waals surface area contributed by atoms with E-state index in [1.165, 1.54) is 20.3 Å². The number of methoxy groups -OCH3 is 3. The first-order valence-electron chi connectivity index (χ1n) is 7.99. The molecule has 1 N–H and O–H groups in total. The number of rotatable bonds is 8. The first-order valence-corrected chi connectivity index (χ1v) is 7.99. The summed E-state index contributed by atoms with van der Waals surface area (Å²) in [6, 6.07) is 9.89. The summed E-state index contributed by atoms with van der Waals surface area (Å²) in [6.45, 7) is 0.566. The largest absolute Gasteiger partial charge is 0.497 e. The summed E-state index contributed by atoms with van der Waals surface area (Å²) in [7, 11) is 6.29. The summed E-state index contributed by atoms with van der Waals surface area (Å²) >= 11 is 0. The van der Waals surface area contributed by atoms with Crippen LogP contribution in [0.25, 0.3) is 0 Å². The van der Waals surface area contributed by atoms with Gasteiger partial charge in [-0.25, -0.2) is 4.39 Å². The van der Waals surface area contributed by atoms with Gasteiger partial charge >= 0.3 is 0 Å². The van der Waals surface area contributed by atoms with E-state index in [1.807, 2.05) is 0 Å². The van der Waals surface area contributed by atoms with Crippen LogP contribution in [-0.2, 0) is 11.3 Å². The van der Waals surface area contributed by atoms with Crippen LogP contribution in [0.4, 0.5) is 10.1 Å². The third kappa shape index (κ3) is 5.10. The minimum Gasteiger partial charge on any atom is -0.497 e. The highest BCUT2D eigenvalue weighted by Crippen LogP contribution is 2.29. The average Bonchev–Trinajstić information content (AvgIpc) is 2.62. The molecule has 0 aliphatic rings. The first kappa shape index (κ1) is 19.5. The molecule has 140 valence electrons. The molecule has 6 nitrogen and oxygen atoms in total. The maximum Gasteiger partial charge on any atom is 0.238 e. The first-order chi connectivity index (χ1) is 12.5. The lowest BCUT2D eigenvalue weighted by Gasteiger charge is -2.18. The SMILES string of the molecule is COc1ccc(NC(=O)CN(C)Cc2ccc(OC)c(F)c2)c(OC)c1. The molecule has 2 aromatic rings. The molecule has 2 aromatic carbocycles. The lowest BCUT2D eigenvalue weighted by molar-refractivity contribution is -0.117. The highest BCUT2D eigenvalue weighted by Gasteiger charge is 2.12. The molecule has 7 heteroatoms. The zero-order chi connectivity index (χ0) is 19.1. The maximum absolute atomic E-state index is 13.7. The molecule has 0 saturated heterocycles. The summed E-state index contributed by atoms with van der Waals surface area (Å²) in [4.78, 5) is 14.1. The van der Waals surface area contributed by atoms with E-state index < -0.39 is 5.82 Å². The Hall–Kier alpha value is -2.80. The molecule has 26 heavy (non-hydrogen) atoms. The van der Waals surface area contributed by atoms with Gasteiger partial charge in [-0.1, -0.05) is 6.07 Å². The van der Waals surface area contributed by atoms with Crippen LogP contribution < -0.4 is 19.5 Å². The standard InChI is InChI=1S/C19H23FN2O4/c1-22(11-13-5-8-17(25-3)15(20)9-13)12-19(23)21-16-7-6-14(24-2)10-18(16)26-4/h5-10H,11-12H2,1-4H3,(H,21,23). The summed E-state index contributed by atoms with van der Waals surface area (Å²) in [5.74, 6) is 0.715. The van der Waals surface area contributed by atoms with Gasteiger partial charge in [0.2, 0.25) is 5.91 Å². The van der Waals surface area contributed by atoms with Crippen molar-refractivity contribution >= 4 is 11.6 Å².